The average Bonchev–Trinajstić information content (AvgIpc) is 2.60. The summed E-state index contributed by atoms with van der Waals surface area (Å²) in [4.78, 5) is 0. The van der Waals surface area contributed by atoms with Crippen LogP contribution in [0, 0.1) is 0 Å². The van der Waals surface area contributed by atoms with E-state index in [4.69, 9.17) is 0 Å². The van der Waals surface area contributed by atoms with Gasteiger partial charge in [-0.1, -0.05) is 93.9 Å². The van der Waals surface area contributed by atoms with E-state index in [9.17, 15) is 0 Å². The second-order valence-corrected chi connectivity index (χ2v) is 4.87. The number of hydrogen-bond donors (Lipinski definition) is 0. The Morgan fingerprint density at radius 3 is 1.45 bits per heavy atom. The molecule has 0 aliphatic rings. The van der Waals surface area contributed by atoms with Crippen LogP contribution in [-0.2, 0) is 0 Å². The zero-order valence-corrected chi connectivity index (χ0v) is 15.0. The van der Waals surface area contributed by atoms with Gasteiger partial charge in [0, 0.05) is 5.92 Å². The predicted octanol–water partition coefficient (Wildman–Crippen LogP) is 7.23. The van der Waals surface area contributed by atoms with Crippen LogP contribution < -0.4 is 0 Å². The van der Waals surface area contributed by atoms with E-state index in [1.165, 1.54) is 16.7 Å². The smallest absolute Gasteiger partial charge is 0.00923 e. The molecule has 0 nitrogen and oxygen atoms in total. The first kappa shape index (κ1) is 20.2. The number of hydrogen-bond acceptors (Lipinski definition) is 0. The fraction of sp³-hybridized carbons (Fsp3) is 0.364. The maximum Gasteiger partial charge on any atom is 0.00923 e. The Bertz CT molecular complexity index is 442. The van der Waals surface area contributed by atoms with Gasteiger partial charge in [0.15, 0.2) is 0 Å². The summed E-state index contributed by atoms with van der Waals surface area (Å²) in [7, 11) is 0. The van der Waals surface area contributed by atoms with Crippen molar-refractivity contribution in [2.45, 2.75) is 53.4 Å². The maximum absolute atomic E-state index is 4.01. The van der Waals surface area contributed by atoms with E-state index in [2.05, 4.69) is 74.2 Å². The molecule has 0 atom stereocenters. The van der Waals surface area contributed by atoms with Crippen LogP contribution in [-0.4, -0.2) is 0 Å². The van der Waals surface area contributed by atoms with Gasteiger partial charge in [-0.05, 0) is 30.9 Å². The molecule has 22 heavy (non-hydrogen) atoms. The van der Waals surface area contributed by atoms with Gasteiger partial charge in [-0.25, -0.2) is 0 Å². The number of benzene rings is 2. The van der Waals surface area contributed by atoms with E-state index < -0.39 is 0 Å². The highest BCUT2D eigenvalue weighted by atomic mass is 14.2. The fourth-order valence-electron chi connectivity index (χ4n) is 2.29. The van der Waals surface area contributed by atoms with Gasteiger partial charge in [-0.15, -0.1) is 6.58 Å². The molecule has 0 aliphatic heterocycles. The van der Waals surface area contributed by atoms with Crippen molar-refractivity contribution in [2.24, 2.45) is 0 Å². The SMILES string of the molecule is C=C(C)CCC(c1ccccc1)c1ccccc1.CC.CC. The summed E-state index contributed by atoms with van der Waals surface area (Å²) in [5.74, 6) is 0.476. The second kappa shape index (κ2) is 12.9. The molecule has 0 heteroatoms. The molecule has 0 unspecified atom stereocenters. The first-order valence-electron chi connectivity index (χ1n) is 8.51. The molecule has 0 N–H and O–H groups in total. The summed E-state index contributed by atoms with van der Waals surface area (Å²) < 4.78 is 0. The maximum atomic E-state index is 4.01. The summed E-state index contributed by atoms with van der Waals surface area (Å²) in [6.07, 6.45) is 2.21. The number of rotatable bonds is 5. The average molecular weight is 296 g/mol. The topological polar surface area (TPSA) is 0 Å². The Kier molecular flexibility index (Phi) is 11.8. The van der Waals surface area contributed by atoms with Gasteiger partial charge in [-0.2, -0.15) is 0 Å². The van der Waals surface area contributed by atoms with E-state index in [1.54, 1.807) is 0 Å². The summed E-state index contributed by atoms with van der Waals surface area (Å²) in [5.41, 5.74) is 4.04. The molecule has 2 aromatic carbocycles. The minimum atomic E-state index is 0.476. The first-order chi connectivity index (χ1) is 10.8. The summed E-state index contributed by atoms with van der Waals surface area (Å²) in [5, 5.41) is 0. The van der Waals surface area contributed by atoms with Gasteiger partial charge in [-0.3, -0.25) is 0 Å². The molecular formula is C22H32. The van der Waals surface area contributed by atoms with Gasteiger partial charge < -0.3 is 0 Å². The summed E-state index contributed by atoms with van der Waals surface area (Å²) >= 11 is 0. The molecule has 0 spiro atoms. The molecule has 2 aromatic rings. The van der Waals surface area contributed by atoms with E-state index in [1.807, 2.05) is 27.7 Å². The molecule has 0 aliphatic carbocycles. The largest absolute Gasteiger partial charge is 0.100 e. The van der Waals surface area contributed by atoms with Crippen molar-refractivity contribution in [1.29, 1.82) is 0 Å². The third-order valence-electron chi connectivity index (χ3n) is 3.26. The lowest BCUT2D eigenvalue weighted by atomic mass is 9.87. The van der Waals surface area contributed by atoms with E-state index >= 15 is 0 Å². The van der Waals surface area contributed by atoms with Crippen LogP contribution in [0.15, 0.2) is 72.8 Å². The van der Waals surface area contributed by atoms with Crippen molar-refractivity contribution >= 4 is 0 Å². The fourth-order valence-corrected chi connectivity index (χ4v) is 2.29. The number of allylic oxidation sites excluding steroid dienone is 1. The van der Waals surface area contributed by atoms with Crippen LogP contribution in [0.3, 0.4) is 0 Å². The molecule has 0 bridgehead atoms. The molecule has 0 aromatic heterocycles. The van der Waals surface area contributed by atoms with E-state index in [-0.39, 0.29) is 0 Å². The highest BCUT2D eigenvalue weighted by molar-refractivity contribution is 5.32. The van der Waals surface area contributed by atoms with Crippen LogP contribution in [0.1, 0.15) is 64.5 Å². The Labute approximate surface area is 137 Å². The van der Waals surface area contributed by atoms with Crippen molar-refractivity contribution < 1.29 is 0 Å². The molecule has 120 valence electrons. The standard InChI is InChI=1S/C18H20.2C2H6/c1-15(2)13-14-18(16-9-5-3-6-10-16)17-11-7-4-8-12-17;2*1-2/h3-12,18H,1,13-14H2,2H3;2*1-2H3. The predicted molar refractivity (Wildman–Crippen MR) is 101 cm³/mol. The van der Waals surface area contributed by atoms with Crippen molar-refractivity contribution in [2.75, 3.05) is 0 Å². The van der Waals surface area contributed by atoms with Crippen molar-refractivity contribution in [3.05, 3.63) is 83.9 Å². The molecular weight excluding hydrogens is 264 g/mol. The van der Waals surface area contributed by atoms with Crippen LogP contribution in [0.2, 0.25) is 0 Å². The quantitative estimate of drug-likeness (QED) is 0.511. The van der Waals surface area contributed by atoms with Crippen molar-refractivity contribution in [3.63, 3.8) is 0 Å². The Hall–Kier alpha value is -1.82. The minimum absolute atomic E-state index is 0.476. The summed E-state index contributed by atoms with van der Waals surface area (Å²) in [6.45, 7) is 14.1. The molecule has 0 heterocycles. The normalized spacial score (nSPS) is 9.18. The Balaban J connectivity index is 0.00000102. The van der Waals surface area contributed by atoms with Crippen LogP contribution in [0.4, 0.5) is 0 Å². The molecule has 0 saturated carbocycles. The Morgan fingerprint density at radius 2 is 1.14 bits per heavy atom. The van der Waals surface area contributed by atoms with Crippen molar-refractivity contribution in [1.82, 2.24) is 0 Å². The molecule has 2 rings (SSSR count). The lowest BCUT2D eigenvalue weighted by Gasteiger charge is -2.18. The van der Waals surface area contributed by atoms with E-state index in [0.717, 1.165) is 12.8 Å². The second-order valence-electron chi connectivity index (χ2n) is 4.87. The van der Waals surface area contributed by atoms with Gasteiger partial charge in [0.05, 0.1) is 0 Å². The van der Waals surface area contributed by atoms with Gasteiger partial charge in [0.25, 0.3) is 0 Å². The summed E-state index contributed by atoms with van der Waals surface area (Å²) in [6, 6.07) is 21.5. The third kappa shape index (κ3) is 7.26. The molecule has 0 saturated heterocycles. The highest BCUT2D eigenvalue weighted by Gasteiger charge is 2.13. The van der Waals surface area contributed by atoms with E-state index in [0.29, 0.717) is 5.92 Å². The van der Waals surface area contributed by atoms with Gasteiger partial charge in [0.1, 0.15) is 0 Å². The lowest BCUT2D eigenvalue weighted by Crippen LogP contribution is -2.01. The van der Waals surface area contributed by atoms with Crippen molar-refractivity contribution in [3.8, 4) is 0 Å². The van der Waals surface area contributed by atoms with Gasteiger partial charge >= 0.3 is 0 Å². The van der Waals surface area contributed by atoms with Gasteiger partial charge in [0.2, 0.25) is 0 Å². The molecule has 0 amide bonds. The zero-order chi connectivity index (χ0) is 16.8. The monoisotopic (exact) mass is 296 g/mol. The highest BCUT2D eigenvalue weighted by Crippen LogP contribution is 2.29. The Morgan fingerprint density at radius 1 is 0.773 bits per heavy atom. The lowest BCUT2D eigenvalue weighted by molar-refractivity contribution is 0.712. The first-order valence-corrected chi connectivity index (χ1v) is 8.51. The molecule has 0 radical (unpaired) electrons. The van der Waals surface area contributed by atoms with Crippen LogP contribution in [0.5, 0.6) is 0 Å². The minimum Gasteiger partial charge on any atom is -0.100 e. The molecule has 0 fully saturated rings. The van der Waals surface area contributed by atoms with Crippen LogP contribution in [0.25, 0.3) is 0 Å². The zero-order valence-electron chi connectivity index (χ0n) is 15.0. The van der Waals surface area contributed by atoms with Crippen LogP contribution >= 0.6 is 0 Å². The third-order valence-corrected chi connectivity index (χ3v) is 3.26.